The Labute approximate surface area is 61.6 Å². The largest absolute Gasteiger partial charge is 0.287 e. The molecule has 0 aliphatic heterocycles. The van der Waals surface area contributed by atoms with E-state index < -0.39 is 0 Å². The number of allylic oxidation sites excluding steroid dienone is 2. The highest BCUT2D eigenvalue weighted by Crippen LogP contribution is 2.05. The van der Waals surface area contributed by atoms with Crippen LogP contribution in [0.1, 0.15) is 20.3 Å². The van der Waals surface area contributed by atoms with Crippen molar-refractivity contribution in [2.24, 2.45) is 5.92 Å². The van der Waals surface area contributed by atoms with Crippen molar-refractivity contribution < 1.29 is 4.79 Å². The summed E-state index contributed by atoms with van der Waals surface area (Å²) in [4.78, 5) is 10.4. The molecule has 0 saturated heterocycles. The monoisotopic (exact) mass is 144 g/mol. The Bertz CT molecular complexity index is 118. The summed E-state index contributed by atoms with van der Waals surface area (Å²) in [5.41, 5.74) is 0. The Balaban J connectivity index is 3.50. The molecule has 0 aromatic heterocycles. The molecule has 52 valence electrons. The molecule has 0 amide bonds. The van der Waals surface area contributed by atoms with Gasteiger partial charge in [-0.25, -0.2) is 0 Å². The quantitative estimate of drug-likeness (QED) is 0.474. The molecule has 0 aromatic rings. The highest BCUT2D eigenvalue weighted by Gasteiger charge is 1.99. The van der Waals surface area contributed by atoms with Gasteiger partial charge in [-0.05, 0) is 12.8 Å². The molecule has 9 heavy (non-hydrogen) atoms. The number of hydrogen-bond acceptors (Lipinski definition) is 1. The molecule has 1 atom stereocenters. The van der Waals surface area contributed by atoms with Crippen LogP contribution in [0.25, 0.3) is 0 Å². The zero-order chi connectivity index (χ0) is 7.28. The van der Waals surface area contributed by atoms with Crippen molar-refractivity contribution >= 4 is 17.7 Å². The average Bonchev–Trinajstić information content (AvgIpc) is 1.63. The smallest absolute Gasteiger partial charge is 0.186 e. The number of carbonyl (C=O) groups excluding carboxylic acids is 1. The topological polar surface area (TPSA) is 17.1 Å². The first kappa shape index (κ1) is 8.76. The van der Waals surface area contributed by atoms with Crippen molar-refractivity contribution in [1.82, 2.24) is 0 Å². The zero-order valence-electron chi connectivity index (χ0n) is 5.79. The molecule has 0 spiro atoms. The summed E-state index contributed by atoms with van der Waals surface area (Å²) >= 11 is 3.66. The van der Waals surface area contributed by atoms with E-state index >= 15 is 0 Å². The molecule has 1 unspecified atom stereocenters. The third-order valence-electron chi connectivity index (χ3n) is 1.02. The SMILES string of the molecule is CC=CC(C)CC(=O)S. The molecule has 0 N–H and O–H groups in total. The summed E-state index contributed by atoms with van der Waals surface area (Å²) < 4.78 is 0. The van der Waals surface area contributed by atoms with Gasteiger partial charge in [-0.3, -0.25) is 4.79 Å². The Morgan fingerprint density at radius 3 is 2.67 bits per heavy atom. The first-order valence-corrected chi connectivity index (χ1v) is 3.46. The molecule has 2 heteroatoms. The summed E-state index contributed by atoms with van der Waals surface area (Å²) in [5, 5.41) is -0.0411. The number of carbonyl (C=O) groups is 1. The van der Waals surface area contributed by atoms with Crippen LogP contribution >= 0.6 is 12.6 Å². The summed E-state index contributed by atoms with van der Waals surface area (Å²) in [7, 11) is 0. The maximum absolute atomic E-state index is 10.4. The van der Waals surface area contributed by atoms with Gasteiger partial charge in [0.25, 0.3) is 0 Å². The van der Waals surface area contributed by atoms with E-state index in [0.717, 1.165) is 0 Å². The summed E-state index contributed by atoms with van der Waals surface area (Å²) in [6, 6.07) is 0. The van der Waals surface area contributed by atoms with Crippen LogP contribution in [0.4, 0.5) is 0 Å². The van der Waals surface area contributed by atoms with Gasteiger partial charge < -0.3 is 0 Å². The second kappa shape index (κ2) is 4.62. The van der Waals surface area contributed by atoms with Crippen molar-refractivity contribution in [3.8, 4) is 0 Å². The van der Waals surface area contributed by atoms with Crippen LogP contribution in [0.2, 0.25) is 0 Å². The second-order valence-electron chi connectivity index (χ2n) is 2.10. The normalized spacial score (nSPS) is 14.1. The van der Waals surface area contributed by atoms with Crippen LogP contribution in [0, 0.1) is 5.92 Å². The number of hydrogen-bond donors (Lipinski definition) is 1. The molecule has 0 radical (unpaired) electrons. The van der Waals surface area contributed by atoms with E-state index in [4.69, 9.17) is 0 Å². The minimum absolute atomic E-state index is 0.0411. The summed E-state index contributed by atoms with van der Waals surface area (Å²) in [5.74, 6) is 0.333. The van der Waals surface area contributed by atoms with Crippen molar-refractivity contribution in [2.45, 2.75) is 20.3 Å². The van der Waals surface area contributed by atoms with Gasteiger partial charge in [-0.15, -0.1) is 12.6 Å². The van der Waals surface area contributed by atoms with Gasteiger partial charge >= 0.3 is 0 Å². The molecule has 0 aliphatic rings. The molecule has 0 rings (SSSR count). The maximum atomic E-state index is 10.4. The molecular weight excluding hydrogens is 132 g/mol. The van der Waals surface area contributed by atoms with Gasteiger partial charge in [0.2, 0.25) is 0 Å². The molecular formula is C7H12OS. The first-order chi connectivity index (χ1) is 4.16. The van der Waals surface area contributed by atoms with E-state index in [-0.39, 0.29) is 5.12 Å². The van der Waals surface area contributed by atoms with Gasteiger partial charge in [0.15, 0.2) is 5.12 Å². The Morgan fingerprint density at radius 1 is 1.78 bits per heavy atom. The molecule has 1 nitrogen and oxygen atoms in total. The lowest BCUT2D eigenvalue weighted by Crippen LogP contribution is -1.95. The zero-order valence-corrected chi connectivity index (χ0v) is 6.69. The Kier molecular flexibility index (Phi) is 4.50. The van der Waals surface area contributed by atoms with Gasteiger partial charge in [0, 0.05) is 6.42 Å². The lowest BCUT2D eigenvalue weighted by atomic mass is 10.1. The number of rotatable bonds is 3. The lowest BCUT2D eigenvalue weighted by molar-refractivity contribution is -0.111. The van der Waals surface area contributed by atoms with Gasteiger partial charge in [0.1, 0.15) is 0 Å². The molecule has 0 aromatic carbocycles. The predicted octanol–water partition coefficient (Wildman–Crippen LogP) is 2.05. The minimum Gasteiger partial charge on any atom is -0.287 e. The van der Waals surface area contributed by atoms with Crippen molar-refractivity contribution in [3.05, 3.63) is 12.2 Å². The molecule has 0 aliphatic carbocycles. The lowest BCUT2D eigenvalue weighted by Gasteiger charge is -1.98. The Morgan fingerprint density at radius 2 is 2.33 bits per heavy atom. The summed E-state index contributed by atoms with van der Waals surface area (Å²) in [6.45, 7) is 3.94. The fourth-order valence-corrected chi connectivity index (χ4v) is 0.960. The van der Waals surface area contributed by atoms with Crippen LogP contribution in [0.15, 0.2) is 12.2 Å². The van der Waals surface area contributed by atoms with Crippen molar-refractivity contribution in [3.63, 3.8) is 0 Å². The first-order valence-electron chi connectivity index (χ1n) is 3.01. The third kappa shape index (κ3) is 5.63. The molecule has 0 heterocycles. The van der Waals surface area contributed by atoms with Gasteiger partial charge in [-0.1, -0.05) is 19.1 Å². The van der Waals surface area contributed by atoms with E-state index in [1.165, 1.54) is 0 Å². The van der Waals surface area contributed by atoms with Crippen LogP contribution in [-0.2, 0) is 4.79 Å². The molecule has 0 fully saturated rings. The Hall–Kier alpha value is -0.240. The minimum atomic E-state index is -0.0411. The predicted molar refractivity (Wildman–Crippen MR) is 42.6 cm³/mol. The van der Waals surface area contributed by atoms with Crippen LogP contribution in [0.5, 0.6) is 0 Å². The second-order valence-corrected chi connectivity index (χ2v) is 2.60. The fraction of sp³-hybridized carbons (Fsp3) is 0.571. The van der Waals surface area contributed by atoms with Gasteiger partial charge in [0.05, 0.1) is 0 Å². The fourth-order valence-electron chi connectivity index (χ4n) is 0.672. The van der Waals surface area contributed by atoms with Gasteiger partial charge in [-0.2, -0.15) is 0 Å². The van der Waals surface area contributed by atoms with E-state index in [9.17, 15) is 4.79 Å². The van der Waals surface area contributed by atoms with Crippen LogP contribution in [-0.4, -0.2) is 5.12 Å². The summed E-state index contributed by atoms with van der Waals surface area (Å²) in [6.07, 6.45) is 4.48. The highest BCUT2D eigenvalue weighted by atomic mass is 32.1. The standard InChI is InChI=1S/C7H12OS/c1-3-4-6(2)5-7(8)9/h3-4,6H,5H2,1-2H3,(H,8,9). The highest BCUT2D eigenvalue weighted by molar-refractivity contribution is 7.96. The van der Waals surface area contributed by atoms with E-state index in [1.54, 1.807) is 0 Å². The van der Waals surface area contributed by atoms with Crippen molar-refractivity contribution in [2.75, 3.05) is 0 Å². The maximum Gasteiger partial charge on any atom is 0.186 e. The van der Waals surface area contributed by atoms with E-state index in [1.807, 2.05) is 26.0 Å². The van der Waals surface area contributed by atoms with Crippen molar-refractivity contribution in [1.29, 1.82) is 0 Å². The van der Waals surface area contributed by atoms with Crippen LogP contribution in [0.3, 0.4) is 0 Å². The van der Waals surface area contributed by atoms with E-state index in [0.29, 0.717) is 12.3 Å². The average molecular weight is 144 g/mol. The van der Waals surface area contributed by atoms with Crippen LogP contribution < -0.4 is 0 Å². The van der Waals surface area contributed by atoms with E-state index in [2.05, 4.69) is 12.6 Å². The molecule has 0 bridgehead atoms. The molecule has 0 saturated carbocycles. The number of thiol groups is 1. The third-order valence-corrected chi connectivity index (χ3v) is 1.20.